The minimum Gasteiger partial charge on any atom is -0.481 e. The van der Waals surface area contributed by atoms with E-state index in [4.69, 9.17) is 21.8 Å². The van der Waals surface area contributed by atoms with Gasteiger partial charge in [-0.1, -0.05) is 77.4 Å². The van der Waals surface area contributed by atoms with Crippen LogP contribution in [-0.2, 0) is 29.0 Å². The quantitative estimate of drug-likeness (QED) is 0.163. The first-order valence-corrected chi connectivity index (χ1v) is 12.3. The second-order valence-corrected chi connectivity index (χ2v) is 8.87. The Hall–Kier alpha value is -3.88. The minimum absolute atomic E-state index is 0.296. The van der Waals surface area contributed by atoms with E-state index in [-0.39, 0.29) is 12.8 Å². The summed E-state index contributed by atoms with van der Waals surface area (Å²) in [7, 11) is 0. The van der Waals surface area contributed by atoms with Gasteiger partial charge < -0.3 is 26.1 Å². The van der Waals surface area contributed by atoms with Gasteiger partial charge in [0, 0.05) is 17.7 Å². The SMILES string of the molecule is O=C(O)CCC(=O)O.ON=C(c1ccccc1)c1ccc(CNc2c(Cl)ccc3c2CCNCC3)cc1. The van der Waals surface area contributed by atoms with Crippen molar-refractivity contribution < 1.29 is 25.0 Å². The normalized spacial score (nSPS) is 12.9. The van der Waals surface area contributed by atoms with Crippen molar-refractivity contribution in [3.8, 4) is 0 Å². The number of hydrogen-bond acceptors (Lipinski definition) is 6. The molecule has 3 aromatic carbocycles. The highest BCUT2D eigenvalue weighted by Gasteiger charge is 2.15. The third-order valence-electron chi connectivity index (χ3n) is 5.88. The van der Waals surface area contributed by atoms with Crippen LogP contribution in [0.4, 0.5) is 5.69 Å². The zero-order valence-corrected chi connectivity index (χ0v) is 21.0. The van der Waals surface area contributed by atoms with Crippen LogP contribution in [0.15, 0.2) is 71.9 Å². The molecule has 8 nitrogen and oxygen atoms in total. The van der Waals surface area contributed by atoms with Crippen LogP contribution in [0.1, 0.15) is 40.7 Å². The molecule has 1 aliphatic rings. The van der Waals surface area contributed by atoms with E-state index in [1.54, 1.807) is 0 Å². The van der Waals surface area contributed by atoms with Gasteiger partial charge in [0.1, 0.15) is 5.71 Å². The molecule has 0 fully saturated rings. The van der Waals surface area contributed by atoms with Crippen LogP contribution in [0.25, 0.3) is 0 Å². The van der Waals surface area contributed by atoms with Crippen molar-refractivity contribution >= 4 is 34.9 Å². The molecular weight excluding hydrogens is 494 g/mol. The van der Waals surface area contributed by atoms with E-state index in [0.29, 0.717) is 12.3 Å². The predicted octanol–water partition coefficient (Wildman–Crippen LogP) is 4.80. The minimum atomic E-state index is -1.08. The van der Waals surface area contributed by atoms with E-state index >= 15 is 0 Å². The number of oxime groups is 1. The number of carbonyl (C=O) groups is 2. The molecule has 9 heteroatoms. The summed E-state index contributed by atoms with van der Waals surface area (Å²) in [5.41, 5.74) is 7.18. The molecule has 5 N–H and O–H groups in total. The maximum atomic E-state index is 9.64. The van der Waals surface area contributed by atoms with Crippen molar-refractivity contribution in [2.75, 3.05) is 18.4 Å². The zero-order chi connectivity index (χ0) is 26.6. The van der Waals surface area contributed by atoms with Gasteiger partial charge in [0.05, 0.1) is 23.6 Å². The molecule has 4 rings (SSSR count). The van der Waals surface area contributed by atoms with Gasteiger partial charge in [-0.25, -0.2) is 0 Å². The molecule has 0 amide bonds. The van der Waals surface area contributed by atoms with Gasteiger partial charge >= 0.3 is 11.9 Å². The van der Waals surface area contributed by atoms with Gasteiger partial charge in [0.2, 0.25) is 0 Å². The number of anilines is 1. The van der Waals surface area contributed by atoms with Crippen LogP contribution >= 0.6 is 11.6 Å². The Morgan fingerprint density at radius 3 is 2.11 bits per heavy atom. The number of carboxylic acid groups (broad SMARTS) is 2. The summed E-state index contributed by atoms with van der Waals surface area (Å²) in [6, 6.07) is 21.9. The van der Waals surface area contributed by atoms with E-state index in [0.717, 1.165) is 53.3 Å². The number of nitrogens with one attached hydrogen (secondary N) is 2. The Morgan fingerprint density at radius 1 is 0.865 bits per heavy atom. The molecule has 0 spiro atoms. The Balaban J connectivity index is 0.000000414. The number of rotatable bonds is 8. The maximum absolute atomic E-state index is 9.64. The summed E-state index contributed by atoms with van der Waals surface area (Å²) in [6.07, 6.45) is 1.41. The van der Waals surface area contributed by atoms with Crippen LogP contribution in [0, 0.1) is 0 Å². The van der Waals surface area contributed by atoms with Crippen molar-refractivity contribution in [1.82, 2.24) is 5.32 Å². The topological polar surface area (TPSA) is 131 Å². The monoisotopic (exact) mass is 523 g/mol. The first-order chi connectivity index (χ1) is 17.9. The van der Waals surface area contributed by atoms with E-state index < -0.39 is 11.9 Å². The van der Waals surface area contributed by atoms with E-state index in [2.05, 4.69) is 21.9 Å². The van der Waals surface area contributed by atoms with Gasteiger partial charge in [-0.3, -0.25) is 9.59 Å². The number of aliphatic carboxylic acids is 2. The molecule has 194 valence electrons. The van der Waals surface area contributed by atoms with Crippen LogP contribution in [0.5, 0.6) is 0 Å². The molecule has 0 saturated heterocycles. The molecule has 0 atom stereocenters. The predicted molar refractivity (Wildman–Crippen MR) is 144 cm³/mol. The third kappa shape index (κ3) is 8.34. The van der Waals surface area contributed by atoms with Crippen molar-refractivity contribution in [1.29, 1.82) is 0 Å². The highest BCUT2D eigenvalue weighted by molar-refractivity contribution is 6.33. The lowest BCUT2D eigenvalue weighted by Crippen LogP contribution is -2.16. The second kappa shape index (κ2) is 14.0. The highest BCUT2D eigenvalue weighted by atomic mass is 35.5. The van der Waals surface area contributed by atoms with Gasteiger partial charge in [-0.2, -0.15) is 0 Å². The molecule has 3 aromatic rings. The van der Waals surface area contributed by atoms with Crippen molar-refractivity contribution in [3.63, 3.8) is 0 Å². The Bertz CT molecular complexity index is 1220. The van der Waals surface area contributed by atoms with Crippen LogP contribution < -0.4 is 10.6 Å². The lowest BCUT2D eigenvalue weighted by atomic mass is 10.00. The fourth-order valence-electron chi connectivity index (χ4n) is 4.00. The van der Waals surface area contributed by atoms with Crippen molar-refractivity contribution in [3.05, 3.63) is 99.6 Å². The van der Waals surface area contributed by atoms with Crippen molar-refractivity contribution in [2.24, 2.45) is 5.16 Å². The third-order valence-corrected chi connectivity index (χ3v) is 6.19. The maximum Gasteiger partial charge on any atom is 0.303 e. The molecule has 1 heterocycles. The number of benzene rings is 3. The molecule has 0 radical (unpaired) electrons. The second-order valence-electron chi connectivity index (χ2n) is 8.46. The fourth-order valence-corrected chi connectivity index (χ4v) is 4.24. The molecule has 37 heavy (non-hydrogen) atoms. The number of fused-ring (bicyclic) bond motifs is 1. The van der Waals surface area contributed by atoms with Crippen LogP contribution in [-0.4, -0.2) is 46.2 Å². The molecule has 0 bridgehead atoms. The van der Waals surface area contributed by atoms with E-state index in [9.17, 15) is 14.8 Å². The average Bonchev–Trinajstić information content (AvgIpc) is 3.15. The standard InChI is InChI=1S/C24H24ClN3O.C4H6O4/c25-22-11-10-18-12-14-26-15-13-21(18)24(22)27-16-17-6-8-20(9-7-17)23(28-29)19-4-2-1-3-5-19;5-3(6)1-2-4(7)8/h1-11,26-27,29H,12-16H2;1-2H2,(H,5,6)(H,7,8). The molecule has 0 saturated carbocycles. The van der Waals surface area contributed by atoms with Gasteiger partial charge in [-0.05, 0) is 48.7 Å². The molecule has 0 aliphatic carbocycles. The van der Waals surface area contributed by atoms with Crippen molar-refractivity contribution in [2.45, 2.75) is 32.2 Å². The Kier molecular flexibility index (Phi) is 10.5. The van der Waals surface area contributed by atoms with E-state index in [1.807, 2.05) is 60.7 Å². The fraction of sp³-hybridized carbons (Fsp3) is 0.250. The average molecular weight is 524 g/mol. The number of carboxylic acids is 2. The summed E-state index contributed by atoms with van der Waals surface area (Å²) in [4.78, 5) is 19.3. The summed E-state index contributed by atoms with van der Waals surface area (Å²) in [5.74, 6) is -2.15. The van der Waals surface area contributed by atoms with Gasteiger partial charge in [-0.15, -0.1) is 0 Å². The number of hydrogen-bond donors (Lipinski definition) is 5. The Labute approximate surface area is 220 Å². The largest absolute Gasteiger partial charge is 0.481 e. The summed E-state index contributed by atoms with van der Waals surface area (Å²) in [6.45, 7) is 2.66. The summed E-state index contributed by atoms with van der Waals surface area (Å²) >= 11 is 6.51. The molecular formula is C28H30ClN3O5. The smallest absolute Gasteiger partial charge is 0.303 e. The number of nitrogens with zero attached hydrogens (tertiary/aromatic N) is 1. The van der Waals surface area contributed by atoms with Gasteiger partial charge in [0.25, 0.3) is 0 Å². The first-order valence-electron chi connectivity index (χ1n) is 11.9. The Morgan fingerprint density at radius 2 is 1.49 bits per heavy atom. The lowest BCUT2D eigenvalue weighted by Gasteiger charge is -2.16. The molecule has 1 aliphatic heterocycles. The van der Waals surface area contributed by atoms with Gasteiger partial charge in [0.15, 0.2) is 0 Å². The molecule has 0 unspecified atom stereocenters. The number of halogens is 1. The van der Waals surface area contributed by atoms with Crippen LogP contribution in [0.2, 0.25) is 5.02 Å². The zero-order valence-electron chi connectivity index (χ0n) is 20.3. The molecule has 0 aromatic heterocycles. The first kappa shape index (κ1) is 27.7. The summed E-state index contributed by atoms with van der Waals surface area (Å²) < 4.78 is 0. The lowest BCUT2D eigenvalue weighted by molar-refractivity contribution is -0.143. The summed E-state index contributed by atoms with van der Waals surface area (Å²) in [5, 5.41) is 36.5. The van der Waals surface area contributed by atoms with Crippen LogP contribution in [0.3, 0.4) is 0 Å². The highest BCUT2D eigenvalue weighted by Crippen LogP contribution is 2.31. The van der Waals surface area contributed by atoms with E-state index in [1.165, 1.54) is 11.1 Å².